The molecule has 0 aromatic carbocycles. The van der Waals surface area contributed by atoms with Crippen molar-refractivity contribution in [2.75, 3.05) is 33.0 Å². The second-order valence-electron chi connectivity index (χ2n) is 7.99. The first-order valence-electron chi connectivity index (χ1n) is 9.60. The van der Waals surface area contributed by atoms with Gasteiger partial charge in [-0.15, -0.1) is 0 Å². The lowest BCUT2D eigenvalue weighted by molar-refractivity contribution is -0.143. The van der Waals surface area contributed by atoms with Gasteiger partial charge in [0.1, 0.15) is 13.2 Å². The van der Waals surface area contributed by atoms with Crippen molar-refractivity contribution in [3.05, 3.63) is 24.3 Å². The summed E-state index contributed by atoms with van der Waals surface area (Å²) in [6, 6.07) is 1.13. The highest BCUT2D eigenvalue weighted by Gasteiger charge is 2.18. The summed E-state index contributed by atoms with van der Waals surface area (Å²) in [5, 5.41) is 2.46. The van der Waals surface area contributed by atoms with Gasteiger partial charge in [-0.2, -0.15) is 0 Å². The number of hydrogen-bond donors (Lipinski definition) is 1. The highest BCUT2D eigenvalue weighted by atomic mass is 28.3. The van der Waals surface area contributed by atoms with Crippen LogP contribution in [0, 0.1) is 0 Å². The molecule has 8 nitrogen and oxygen atoms in total. The van der Waals surface area contributed by atoms with Crippen LogP contribution in [0.25, 0.3) is 0 Å². The molecule has 0 spiro atoms. The highest BCUT2D eigenvalue weighted by Crippen LogP contribution is 2.11. The lowest BCUT2D eigenvalue weighted by Crippen LogP contribution is -2.36. The zero-order valence-corrected chi connectivity index (χ0v) is 19.3. The van der Waals surface area contributed by atoms with Gasteiger partial charge in [-0.1, -0.05) is 38.8 Å². The normalized spacial score (nSPS) is 11.9. The van der Waals surface area contributed by atoms with E-state index in [-0.39, 0.29) is 37.5 Å². The number of esters is 2. The van der Waals surface area contributed by atoms with Crippen LogP contribution in [0.5, 0.6) is 0 Å². The predicted octanol–water partition coefficient (Wildman–Crippen LogP) is 3.06. The average Bonchev–Trinajstić information content (AvgIpc) is 2.60. The molecule has 0 aromatic rings. The lowest BCUT2D eigenvalue weighted by Gasteiger charge is -2.19. The monoisotopic (exact) mass is 429 g/mol. The number of carbonyl (C=O) groups is 3. The summed E-state index contributed by atoms with van der Waals surface area (Å²) >= 11 is 0. The topological polar surface area (TPSA) is 100 Å². The van der Waals surface area contributed by atoms with Gasteiger partial charge in [-0.3, -0.25) is 0 Å². The standard InChI is InChI=1S/C20H35NO7Si/c1-15(2)18(22)26-11-9-21-20(24)28-17(14-27-19(23)16(3)4)13-25-10-8-12-29(5,6)7/h17H,1,3,8-14H2,2,4-7H3,(H,21,24). The van der Waals surface area contributed by atoms with Crippen LogP contribution in [0.2, 0.25) is 25.7 Å². The molecule has 0 aromatic heterocycles. The van der Waals surface area contributed by atoms with Crippen molar-refractivity contribution < 1.29 is 33.3 Å². The molecular formula is C20H35NO7Si. The minimum Gasteiger partial charge on any atom is -0.460 e. The van der Waals surface area contributed by atoms with Crippen LogP contribution >= 0.6 is 0 Å². The van der Waals surface area contributed by atoms with Crippen molar-refractivity contribution in [3.63, 3.8) is 0 Å². The number of ether oxygens (including phenoxy) is 4. The first-order chi connectivity index (χ1) is 13.4. The molecule has 9 heteroatoms. The minimum absolute atomic E-state index is 0.0106. The minimum atomic E-state index is -1.13. The lowest BCUT2D eigenvalue weighted by atomic mass is 10.3. The quantitative estimate of drug-likeness (QED) is 0.149. The van der Waals surface area contributed by atoms with Gasteiger partial charge in [0.15, 0.2) is 6.10 Å². The molecule has 0 bridgehead atoms. The fraction of sp³-hybridized carbons (Fsp3) is 0.650. The van der Waals surface area contributed by atoms with Crippen LogP contribution < -0.4 is 5.32 Å². The van der Waals surface area contributed by atoms with Gasteiger partial charge in [0.05, 0.1) is 13.2 Å². The molecule has 29 heavy (non-hydrogen) atoms. The van der Waals surface area contributed by atoms with Crippen molar-refractivity contribution >= 4 is 26.1 Å². The van der Waals surface area contributed by atoms with E-state index in [9.17, 15) is 14.4 Å². The predicted molar refractivity (Wildman–Crippen MR) is 113 cm³/mol. The van der Waals surface area contributed by atoms with E-state index in [1.807, 2.05) is 0 Å². The average molecular weight is 430 g/mol. The smallest absolute Gasteiger partial charge is 0.407 e. The molecule has 0 radical (unpaired) electrons. The Labute approximate surface area is 174 Å². The maximum Gasteiger partial charge on any atom is 0.407 e. The summed E-state index contributed by atoms with van der Waals surface area (Å²) in [4.78, 5) is 34.8. The van der Waals surface area contributed by atoms with E-state index in [0.717, 1.165) is 12.5 Å². The SMILES string of the molecule is C=C(C)C(=O)OCCNC(=O)OC(COCCC[Si](C)(C)C)COC(=O)C(=C)C. The number of rotatable bonds is 14. The molecular weight excluding hydrogens is 394 g/mol. The summed E-state index contributed by atoms with van der Waals surface area (Å²) in [5.74, 6) is -1.10. The fourth-order valence-corrected chi connectivity index (χ4v) is 3.15. The molecule has 1 amide bonds. The summed E-state index contributed by atoms with van der Waals surface area (Å²) in [5.41, 5.74) is 0.529. The van der Waals surface area contributed by atoms with Gasteiger partial charge in [0.2, 0.25) is 0 Å². The highest BCUT2D eigenvalue weighted by molar-refractivity contribution is 6.76. The van der Waals surface area contributed by atoms with Crippen molar-refractivity contribution in [1.29, 1.82) is 0 Å². The summed E-state index contributed by atoms with van der Waals surface area (Å²) < 4.78 is 20.8. The fourth-order valence-electron chi connectivity index (χ4n) is 1.94. The van der Waals surface area contributed by atoms with Crippen LogP contribution in [0.4, 0.5) is 4.79 Å². The molecule has 0 aliphatic heterocycles. The van der Waals surface area contributed by atoms with Crippen LogP contribution in [0.1, 0.15) is 20.3 Å². The Bertz CT molecular complexity index is 584. The van der Waals surface area contributed by atoms with Crippen LogP contribution in [0.3, 0.4) is 0 Å². The summed E-state index contributed by atoms with van der Waals surface area (Å²) in [7, 11) is -1.13. The summed E-state index contributed by atoms with van der Waals surface area (Å²) in [6.45, 7) is 17.5. The molecule has 0 rings (SSSR count). The maximum atomic E-state index is 11.9. The second-order valence-corrected chi connectivity index (χ2v) is 13.6. The van der Waals surface area contributed by atoms with Gasteiger partial charge < -0.3 is 24.3 Å². The third-order valence-corrected chi connectivity index (χ3v) is 5.35. The Kier molecular flexibility index (Phi) is 12.9. The first-order valence-corrected chi connectivity index (χ1v) is 13.3. The van der Waals surface area contributed by atoms with E-state index in [2.05, 4.69) is 38.1 Å². The van der Waals surface area contributed by atoms with E-state index >= 15 is 0 Å². The van der Waals surface area contributed by atoms with E-state index < -0.39 is 32.2 Å². The van der Waals surface area contributed by atoms with E-state index in [4.69, 9.17) is 18.9 Å². The Morgan fingerprint density at radius 3 is 2.07 bits per heavy atom. The maximum absolute atomic E-state index is 11.9. The third kappa shape index (κ3) is 15.5. The molecule has 1 atom stereocenters. The molecule has 1 N–H and O–H groups in total. The summed E-state index contributed by atoms with van der Waals surface area (Å²) in [6.07, 6.45) is -0.560. The number of carbonyl (C=O) groups excluding carboxylic acids is 3. The van der Waals surface area contributed by atoms with Crippen LogP contribution in [-0.4, -0.2) is 65.2 Å². The van der Waals surface area contributed by atoms with Gasteiger partial charge in [0.25, 0.3) is 0 Å². The largest absolute Gasteiger partial charge is 0.460 e. The molecule has 0 aliphatic carbocycles. The third-order valence-electron chi connectivity index (χ3n) is 3.49. The molecule has 166 valence electrons. The Balaban J connectivity index is 4.38. The first kappa shape index (κ1) is 26.9. The van der Waals surface area contributed by atoms with Crippen molar-refractivity contribution in [2.45, 2.75) is 52.1 Å². The number of nitrogens with one attached hydrogen (secondary N) is 1. The molecule has 0 fully saturated rings. The Morgan fingerprint density at radius 2 is 1.52 bits per heavy atom. The zero-order chi connectivity index (χ0) is 22.4. The van der Waals surface area contributed by atoms with Crippen LogP contribution in [-0.2, 0) is 28.5 Å². The molecule has 0 aliphatic rings. The molecule has 0 saturated heterocycles. The second kappa shape index (κ2) is 13.9. The zero-order valence-electron chi connectivity index (χ0n) is 18.3. The van der Waals surface area contributed by atoms with Crippen molar-refractivity contribution in [1.82, 2.24) is 5.32 Å². The van der Waals surface area contributed by atoms with E-state index in [1.54, 1.807) is 0 Å². The van der Waals surface area contributed by atoms with Gasteiger partial charge >= 0.3 is 18.0 Å². The molecule has 1 unspecified atom stereocenters. The van der Waals surface area contributed by atoms with Crippen molar-refractivity contribution in [2.24, 2.45) is 0 Å². The van der Waals surface area contributed by atoms with E-state index in [0.29, 0.717) is 6.61 Å². The molecule has 0 heterocycles. The Morgan fingerprint density at radius 1 is 0.931 bits per heavy atom. The van der Waals surface area contributed by atoms with Crippen LogP contribution in [0.15, 0.2) is 24.3 Å². The van der Waals surface area contributed by atoms with Crippen molar-refractivity contribution in [3.8, 4) is 0 Å². The number of hydrogen-bond acceptors (Lipinski definition) is 7. The van der Waals surface area contributed by atoms with Gasteiger partial charge in [-0.25, -0.2) is 14.4 Å². The number of alkyl carbamates (subject to hydrolysis) is 1. The molecule has 0 saturated carbocycles. The van der Waals surface area contributed by atoms with E-state index in [1.165, 1.54) is 13.8 Å². The van der Waals surface area contributed by atoms with Gasteiger partial charge in [-0.05, 0) is 20.3 Å². The Hall–Kier alpha value is -2.13. The number of amides is 1. The van der Waals surface area contributed by atoms with Gasteiger partial charge in [0, 0.05) is 25.8 Å².